The summed E-state index contributed by atoms with van der Waals surface area (Å²) in [5, 5.41) is -4.07. The lowest BCUT2D eigenvalue weighted by Gasteiger charge is -2.15. The first-order valence-electron chi connectivity index (χ1n) is 6.77. The average Bonchev–Trinajstić information content (AvgIpc) is 2.66. The zero-order valence-corrected chi connectivity index (χ0v) is 14.1. The van der Waals surface area contributed by atoms with Gasteiger partial charge in [-0.25, -0.2) is 48.3 Å². The molecular formula is C16BrF11. The van der Waals surface area contributed by atoms with Gasteiger partial charge >= 0.3 is 0 Å². The van der Waals surface area contributed by atoms with E-state index in [2.05, 4.69) is 15.9 Å². The molecule has 28 heavy (non-hydrogen) atoms. The smallest absolute Gasteiger partial charge is 0.198 e. The van der Waals surface area contributed by atoms with Crippen molar-refractivity contribution in [3.8, 4) is 11.1 Å². The Labute approximate surface area is 155 Å². The summed E-state index contributed by atoms with van der Waals surface area (Å²) < 4.78 is 151. The summed E-state index contributed by atoms with van der Waals surface area (Å²) in [6, 6.07) is 0. The van der Waals surface area contributed by atoms with Crippen LogP contribution in [0.25, 0.3) is 21.9 Å². The quantitative estimate of drug-likeness (QED) is 0.204. The topological polar surface area (TPSA) is 0 Å². The van der Waals surface area contributed by atoms with Crippen LogP contribution < -0.4 is 0 Å². The Morgan fingerprint density at radius 2 is 0.643 bits per heavy atom. The lowest BCUT2D eigenvalue weighted by molar-refractivity contribution is 0.411. The summed E-state index contributed by atoms with van der Waals surface area (Å²) in [6.07, 6.45) is 0. The molecule has 3 aromatic rings. The van der Waals surface area contributed by atoms with Crippen LogP contribution in [0.4, 0.5) is 48.3 Å². The summed E-state index contributed by atoms with van der Waals surface area (Å²) in [4.78, 5) is 0. The predicted octanol–water partition coefficient (Wildman–Crippen LogP) is 6.80. The second kappa shape index (κ2) is 6.61. The molecule has 0 radical (unpaired) electrons. The molecule has 0 aliphatic heterocycles. The zero-order chi connectivity index (χ0) is 21.2. The number of hydrogen-bond donors (Lipinski definition) is 0. The van der Waals surface area contributed by atoms with Gasteiger partial charge in [-0.05, 0) is 15.9 Å². The predicted molar refractivity (Wildman–Crippen MR) is 76.6 cm³/mol. The van der Waals surface area contributed by atoms with Crippen LogP contribution in [0, 0.1) is 64.0 Å². The second-order valence-electron chi connectivity index (χ2n) is 5.27. The molecule has 0 atom stereocenters. The van der Waals surface area contributed by atoms with Crippen molar-refractivity contribution in [2.24, 2.45) is 0 Å². The van der Waals surface area contributed by atoms with Crippen molar-refractivity contribution in [3.63, 3.8) is 0 Å². The van der Waals surface area contributed by atoms with Crippen molar-refractivity contribution in [1.82, 2.24) is 0 Å². The Morgan fingerprint density at radius 1 is 0.321 bits per heavy atom. The number of fused-ring (bicyclic) bond motifs is 1. The summed E-state index contributed by atoms with van der Waals surface area (Å²) in [5.41, 5.74) is -4.17. The van der Waals surface area contributed by atoms with Gasteiger partial charge in [0, 0.05) is 0 Å². The van der Waals surface area contributed by atoms with E-state index in [9.17, 15) is 48.3 Å². The molecule has 0 fully saturated rings. The third-order valence-corrected chi connectivity index (χ3v) is 4.49. The maximum absolute atomic E-state index is 14.6. The first-order valence-corrected chi connectivity index (χ1v) is 7.56. The normalized spacial score (nSPS) is 11.6. The third kappa shape index (κ3) is 2.50. The minimum Gasteiger partial charge on any atom is -0.205 e. The fourth-order valence-electron chi connectivity index (χ4n) is 2.53. The van der Waals surface area contributed by atoms with E-state index in [1.165, 1.54) is 0 Å². The second-order valence-corrected chi connectivity index (χ2v) is 6.06. The van der Waals surface area contributed by atoms with E-state index in [1.54, 1.807) is 0 Å². The van der Waals surface area contributed by atoms with Crippen molar-refractivity contribution in [2.75, 3.05) is 0 Å². The highest BCUT2D eigenvalue weighted by molar-refractivity contribution is 9.10. The third-order valence-electron chi connectivity index (χ3n) is 3.80. The first-order chi connectivity index (χ1) is 12.9. The summed E-state index contributed by atoms with van der Waals surface area (Å²) in [6.45, 7) is 0. The van der Waals surface area contributed by atoms with E-state index in [4.69, 9.17) is 0 Å². The summed E-state index contributed by atoms with van der Waals surface area (Å²) in [5.74, 6) is -27.2. The minimum atomic E-state index is -2.63. The molecule has 0 saturated carbocycles. The van der Waals surface area contributed by atoms with Gasteiger partial charge < -0.3 is 0 Å². The first kappa shape index (κ1) is 20.4. The molecule has 0 heterocycles. The minimum absolute atomic E-state index is 1.46. The van der Waals surface area contributed by atoms with Gasteiger partial charge in [0.2, 0.25) is 0 Å². The number of benzene rings is 3. The standard InChI is InChI=1S/C16BrF11/c17-5-7(19)3(11(23)14(26)13(5)25)1-6(18)2-4(9(21)8(1)20)12(24)16(28)15(27)10(2)22. The maximum Gasteiger partial charge on any atom is 0.198 e. The molecule has 148 valence electrons. The van der Waals surface area contributed by atoms with Crippen LogP contribution in [0.5, 0.6) is 0 Å². The molecule has 0 nitrogen and oxygen atoms in total. The van der Waals surface area contributed by atoms with Crippen LogP contribution in [0.1, 0.15) is 0 Å². The van der Waals surface area contributed by atoms with E-state index < -0.39 is 90.4 Å². The molecule has 0 N–H and O–H groups in total. The highest BCUT2D eigenvalue weighted by Gasteiger charge is 2.35. The van der Waals surface area contributed by atoms with E-state index in [0.717, 1.165) is 0 Å². The van der Waals surface area contributed by atoms with Crippen LogP contribution in [0.2, 0.25) is 0 Å². The largest absolute Gasteiger partial charge is 0.205 e. The SMILES string of the molecule is Fc1c(F)c(Br)c(F)c(-c2c(F)c(F)c3c(F)c(F)c(F)c(F)c3c2F)c1F. The maximum atomic E-state index is 14.6. The van der Waals surface area contributed by atoms with Gasteiger partial charge in [-0.2, -0.15) is 0 Å². The Bertz CT molecular complexity index is 1160. The van der Waals surface area contributed by atoms with E-state index >= 15 is 0 Å². The Balaban J connectivity index is 2.64. The molecule has 0 bridgehead atoms. The molecule has 0 spiro atoms. The van der Waals surface area contributed by atoms with Gasteiger partial charge in [0.05, 0.1) is 26.4 Å². The average molecular weight is 481 g/mol. The summed E-state index contributed by atoms with van der Waals surface area (Å²) >= 11 is 2.14. The molecule has 0 unspecified atom stereocenters. The van der Waals surface area contributed by atoms with Gasteiger partial charge in [-0.1, -0.05) is 0 Å². The Kier molecular flexibility index (Phi) is 4.80. The van der Waals surface area contributed by atoms with Crippen LogP contribution in [0.15, 0.2) is 4.47 Å². The highest BCUT2D eigenvalue weighted by Crippen LogP contribution is 2.42. The monoisotopic (exact) mass is 480 g/mol. The molecule has 0 amide bonds. The Morgan fingerprint density at radius 3 is 1.14 bits per heavy atom. The van der Waals surface area contributed by atoms with Gasteiger partial charge in [-0.3, -0.25) is 0 Å². The molecule has 0 aliphatic carbocycles. The van der Waals surface area contributed by atoms with Crippen LogP contribution in [-0.2, 0) is 0 Å². The van der Waals surface area contributed by atoms with E-state index in [0.29, 0.717) is 0 Å². The highest BCUT2D eigenvalue weighted by atomic mass is 79.9. The fraction of sp³-hybridized carbons (Fsp3) is 0. The zero-order valence-electron chi connectivity index (χ0n) is 12.5. The Hall–Kier alpha value is -2.37. The molecule has 0 aliphatic rings. The van der Waals surface area contributed by atoms with E-state index in [1.807, 2.05) is 0 Å². The molecule has 0 aromatic heterocycles. The van der Waals surface area contributed by atoms with Crippen molar-refractivity contribution in [3.05, 3.63) is 68.5 Å². The van der Waals surface area contributed by atoms with Crippen LogP contribution >= 0.6 is 15.9 Å². The van der Waals surface area contributed by atoms with Crippen molar-refractivity contribution in [1.29, 1.82) is 0 Å². The molecule has 3 rings (SSSR count). The number of rotatable bonds is 1. The lowest BCUT2D eigenvalue weighted by Crippen LogP contribution is -2.09. The molecule has 12 heteroatoms. The van der Waals surface area contributed by atoms with Crippen LogP contribution in [-0.4, -0.2) is 0 Å². The lowest BCUT2D eigenvalue weighted by atomic mass is 9.96. The number of halogens is 12. The van der Waals surface area contributed by atoms with E-state index in [-0.39, 0.29) is 0 Å². The molecular weight excluding hydrogens is 481 g/mol. The van der Waals surface area contributed by atoms with Gasteiger partial charge in [0.15, 0.2) is 58.2 Å². The molecule has 3 aromatic carbocycles. The fourth-order valence-corrected chi connectivity index (χ4v) is 2.90. The number of hydrogen-bond acceptors (Lipinski definition) is 0. The van der Waals surface area contributed by atoms with Gasteiger partial charge in [-0.15, -0.1) is 0 Å². The van der Waals surface area contributed by atoms with Crippen molar-refractivity contribution in [2.45, 2.75) is 0 Å². The molecule has 0 saturated heterocycles. The van der Waals surface area contributed by atoms with Gasteiger partial charge in [0.1, 0.15) is 5.82 Å². The summed E-state index contributed by atoms with van der Waals surface area (Å²) in [7, 11) is 0. The van der Waals surface area contributed by atoms with Crippen molar-refractivity contribution < 1.29 is 48.3 Å². The van der Waals surface area contributed by atoms with Gasteiger partial charge in [0.25, 0.3) is 0 Å². The van der Waals surface area contributed by atoms with Crippen LogP contribution in [0.3, 0.4) is 0 Å². The van der Waals surface area contributed by atoms with Crippen molar-refractivity contribution >= 4 is 26.7 Å².